The van der Waals surface area contributed by atoms with Crippen molar-refractivity contribution in [3.63, 3.8) is 0 Å². The van der Waals surface area contributed by atoms with E-state index in [0.29, 0.717) is 28.0 Å². The van der Waals surface area contributed by atoms with Crippen LogP contribution in [0.5, 0.6) is 17.2 Å². The Morgan fingerprint density at radius 1 is 1.24 bits per heavy atom. The average Bonchev–Trinajstić information content (AvgIpc) is 3.01. The van der Waals surface area contributed by atoms with E-state index < -0.39 is 12.0 Å². The number of thiocarbonyl (C=S) groups is 1. The van der Waals surface area contributed by atoms with Crippen molar-refractivity contribution in [2.45, 2.75) is 24.1 Å². The van der Waals surface area contributed by atoms with Crippen molar-refractivity contribution in [1.29, 1.82) is 0 Å². The number of hydrogen-bond acceptors (Lipinski definition) is 7. The monoisotopic (exact) mass is 432 g/mol. The summed E-state index contributed by atoms with van der Waals surface area (Å²) in [5.74, 6) is 0.544. The molecule has 2 aromatic carbocycles. The molecule has 3 rings (SSSR count). The van der Waals surface area contributed by atoms with Crippen LogP contribution in [0.25, 0.3) is 0 Å². The first-order chi connectivity index (χ1) is 13.9. The smallest absolute Gasteiger partial charge is 0.320 e. The zero-order chi connectivity index (χ0) is 21.0. The summed E-state index contributed by atoms with van der Waals surface area (Å²) >= 11 is 6.38. The van der Waals surface area contributed by atoms with Gasteiger partial charge in [0, 0.05) is 0 Å². The molecule has 2 aromatic rings. The molecule has 9 heteroatoms. The zero-order valence-corrected chi connectivity index (χ0v) is 17.2. The Labute approximate surface area is 177 Å². The summed E-state index contributed by atoms with van der Waals surface area (Å²) in [7, 11) is 1.55. The number of carbonyl (C=O) groups excluding carboxylic acids is 1. The van der Waals surface area contributed by atoms with E-state index in [9.17, 15) is 9.59 Å². The normalized spacial score (nSPS) is 17.0. The molecule has 1 aliphatic heterocycles. The summed E-state index contributed by atoms with van der Waals surface area (Å²) in [6, 6.07) is 11.6. The molecule has 1 aliphatic rings. The van der Waals surface area contributed by atoms with Crippen molar-refractivity contribution in [2.24, 2.45) is 5.73 Å². The standard InChI is InChI=1S/C20H20N2O5S2/c1-26-16-9-12(10-17-18(23)22-20(28)29-17)4-7-15(16)27-13-5-2-11(3-6-13)8-14(21)19(24)25/h2-7,9,14,17H,8,10,21H2,1H3,(H,24,25)(H,22,23,28)/t14-,17?/m0/s1. The highest BCUT2D eigenvalue weighted by Gasteiger charge is 2.29. The maximum Gasteiger partial charge on any atom is 0.320 e. The van der Waals surface area contributed by atoms with Gasteiger partial charge in [-0.2, -0.15) is 0 Å². The Bertz CT molecular complexity index is 933. The van der Waals surface area contributed by atoms with Crippen LogP contribution in [0.2, 0.25) is 0 Å². The third-order valence-corrected chi connectivity index (χ3v) is 5.71. The van der Waals surface area contributed by atoms with Crippen LogP contribution in [0, 0.1) is 0 Å². The van der Waals surface area contributed by atoms with E-state index in [4.69, 9.17) is 32.5 Å². The molecule has 7 nitrogen and oxygen atoms in total. The number of methoxy groups -OCH3 is 1. The number of carboxylic acids is 1. The number of carbonyl (C=O) groups is 2. The van der Waals surface area contributed by atoms with Crippen molar-refractivity contribution in [3.8, 4) is 17.2 Å². The van der Waals surface area contributed by atoms with E-state index >= 15 is 0 Å². The summed E-state index contributed by atoms with van der Waals surface area (Å²) in [5.41, 5.74) is 7.30. The van der Waals surface area contributed by atoms with Crippen LogP contribution >= 0.6 is 24.0 Å². The molecule has 1 amide bonds. The number of amides is 1. The topological polar surface area (TPSA) is 111 Å². The number of carboxylic acid groups (broad SMARTS) is 1. The van der Waals surface area contributed by atoms with Gasteiger partial charge >= 0.3 is 5.97 Å². The highest BCUT2D eigenvalue weighted by molar-refractivity contribution is 8.24. The molecule has 2 atom stereocenters. The largest absolute Gasteiger partial charge is 0.493 e. The number of hydrogen-bond donors (Lipinski definition) is 3. The van der Waals surface area contributed by atoms with Gasteiger partial charge in [0.25, 0.3) is 0 Å². The minimum absolute atomic E-state index is 0.0815. The Kier molecular flexibility index (Phi) is 6.73. The van der Waals surface area contributed by atoms with Crippen molar-refractivity contribution < 1.29 is 24.2 Å². The lowest BCUT2D eigenvalue weighted by molar-refractivity contribution is -0.138. The third-order valence-electron chi connectivity index (χ3n) is 4.34. The van der Waals surface area contributed by atoms with Crippen molar-refractivity contribution in [3.05, 3.63) is 53.6 Å². The second-order valence-corrected chi connectivity index (χ2v) is 8.35. The van der Waals surface area contributed by atoms with E-state index in [2.05, 4.69) is 5.32 Å². The summed E-state index contributed by atoms with van der Waals surface area (Å²) in [6.45, 7) is 0. The molecular weight excluding hydrogens is 412 g/mol. The molecule has 1 fully saturated rings. The minimum Gasteiger partial charge on any atom is -0.493 e. The molecule has 0 saturated carbocycles. The number of nitrogens with two attached hydrogens (primary N) is 1. The van der Waals surface area contributed by atoms with Crippen LogP contribution in [0.4, 0.5) is 0 Å². The van der Waals surface area contributed by atoms with E-state index in [1.807, 2.05) is 12.1 Å². The number of rotatable bonds is 8. The summed E-state index contributed by atoms with van der Waals surface area (Å²) in [5, 5.41) is 11.3. The molecule has 29 heavy (non-hydrogen) atoms. The first kappa shape index (κ1) is 21.1. The maximum atomic E-state index is 11.9. The Hall–Kier alpha value is -2.62. The highest BCUT2D eigenvalue weighted by Crippen LogP contribution is 2.34. The zero-order valence-electron chi connectivity index (χ0n) is 15.6. The van der Waals surface area contributed by atoms with Crippen LogP contribution < -0.4 is 20.5 Å². The SMILES string of the molecule is COc1cc(CC2SC(=S)NC2=O)ccc1Oc1ccc(C[C@H](N)C(=O)O)cc1. The number of benzene rings is 2. The van der Waals surface area contributed by atoms with Crippen LogP contribution in [0.15, 0.2) is 42.5 Å². The van der Waals surface area contributed by atoms with E-state index in [0.717, 1.165) is 11.1 Å². The van der Waals surface area contributed by atoms with Gasteiger partial charge in [-0.05, 0) is 48.2 Å². The first-order valence-corrected chi connectivity index (χ1v) is 10.1. The Morgan fingerprint density at radius 2 is 1.93 bits per heavy atom. The maximum absolute atomic E-state index is 11.9. The van der Waals surface area contributed by atoms with E-state index in [-0.39, 0.29) is 17.6 Å². The quantitative estimate of drug-likeness (QED) is 0.546. The number of nitrogens with one attached hydrogen (secondary N) is 1. The fourth-order valence-corrected chi connectivity index (χ4v) is 4.14. The average molecular weight is 433 g/mol. The molecule has 0 aliphatic carbocycles. The second-order valence-electron chi connectivity index (χ2n) is 6.47. The summed E-state index contributed by atoms with van der Waals surface area (Å²) < 4.78 is 11.8. The van der Waals surface area contributed by atoms with Crippen LogP contribution in [-0.4, -0.2) is 39.7 Å². The van der Waals surface area contributed by atoms with E-state index in [1.54, 1.807) is 37.4 Å². The predicted molar refractivity (Wildman–Crippen MR) is 115 cm³/mol. The van der Waals surface area contributed by atoms with Crippen LogP contribution in [-0.2, 0) is 22.4 Å². The van der Waals surface area contributed by atoms with Gasteiger partial charge in [0.1, 0.15) is 16.1 Å². The van der Waals surface area contributed by atoms with Gasteiger partial charge in [-0.15, -0.1) is 0 Å². The van der Waals surface area contributed by atoms with Crippen molar-refractivity contribution in [2.75, 3.05) is 7.11 Å². The molecule has 0 aromatic heterocycles. The molecule has 0 spiro atoms. The molecule has 4 N–H and O–H groups in total. The van der Waals surface area contributed by atoms with Crippen LogP contribution in [0.3, 0.4) is 0 Å². The van der Waals surface area contributed by atoms with Crippen LogP contribution in [0.1, 0.15) is 11.1 Å². The number of ether oxygens (including phenoxy) is 2. The van der Waals surface area contributed by atoms with Crippen molar-refractivity contribution >= 4 is 40.2 Å². The number of thioether (sulfide) groups is 1. The Morgan fingerprint density at radius 3 is 2.52 bits per heavy atom. The molecule has 0 bridgehead atoms. The lowest BCUT2D eigenvalue weighted by Crippen LogP contribution is -2.32. The summed E-state index contributed by atoms with van der Waals surface area (Å²) in [4.78, 5) is 22.7. The molecule has 1 heterocycles. The summed E-state index contributed by atoms with van der Waals surface area (Å²) in [6.07, 6.45) is 0.773. The Balaban J connectivity index is 1.68. The van der Waals surface area contributed by atoms with Crippen molar-refractivity contribution in [1.82, 2.24) is 5.32 Å². The second kappa shape index (κ2) is 9.25. The first-order valence-electron chi connectivity index (χ1n) is 8.79. The van der Waals surface area contributed by atoms with Gasteiger partial charge in [-0.3, -0.25) is 9.59 Å². The molecule has 1 unspecified atom stereocenters. The molecule has 152 valence electrons. The van der Waals surface area contributed by atoms with Gasteiger partial charge < -0.3 is 25.6 Å². The molecule has 0 radical (unpaired) electrons. The van der Waals surface area contributed by atoms with Gasteiger partial charge in [-0.1, -0.05) is 42.2 Å². The fourth-order valence-electron chi connectivity index (χ4n) is 2.83. The van der Waals surface area contributed by atoms with Gasteiger partial charge in [-0.25, -0.2) is 0 Å². The molecule has 1 saturated heterocycles. The molecular formula is C20H20N2O5S2. The lowest BCUT2D eigenvalue weighted by Gasteiger charge is -2.13. The number of aliphatic carboxylic acids is 1. The van der Waals surface area contributed by atoms with Gasteiger partial charge in [0.15, 0.2) is 11.5 Å². The predicted octanol–water partition coefficient (Wildman–Crippen LogP) is 2.50. The minimum atomic E-state index is -1.04. The van der Waals surface area contributed by atoms with Gasteiger partial charge in [0.05, 0.1) is 12.4 Å². The highest BCUT2D eigenvalue weighted by atomic mass is 32.2. The van der Waals surface area contributed by atoms with Gasteiger partial charge in [0.2, 0.25) is 5.91 Å². The van der Waals surface area contributed by atoms with E-state index in [1.165, 1.54) is 11.8 Å². The third kappa shape index (κ3) is 5.47. The lowest BCUT2D eigenvalue weighted by atomic mass is 10.1. The fraction of sp³-hybridized carbons (Fsp3) is 0.250.